The molecule has 0 bridgehead atoms. The summed E-state index contributed by atoms with van der Waals surface area (Å²) < 4.78 is 0. The zero-order valence-electron chi connectivity index (χ0n) is 10.2. The molecule has 0 aliphatic carbocycles. The highest BCUT2D eigenvalue weighted by Crippen LogP contribution is 2.27. The van der Waals surface area contributed by atoms with Crippen LogP contribution in [0.15, 0.2) is 72.8 Å². The first-order valence-corrected chi connectivity index (χ1v) is 6.13. The molecule has 0 aliphatic rings. The molecule has 0 radical (unpaired) electrons. The average molecular weight is 222 g/mol. The van der Waals surface area contributed by atoms with Gasteiger partial charge in [0.2, 0.25) is 0 Å². The summed E-state index contributed by atoms with van der Waals surface area (Å²) >= 11 is 0. The van der Waals surface area contributed by atoms with Crippen LogP contribution in [0.3, 0.4) is 0 Å². The van der Waals surface area contributed by atoms with E-state index < -0.39 is 0 Å². The van der Waals surface area contributed by atoms with E-state index in [9.17, 15) is 0 Å². The van der Waals surface area contributed by atoms with E-state index in [2.05, 4.69) is 79.7 Å². The third-order valence-electron chi connectivity index (χ3n) is 3.01. The van der Waals surface area contributed by atoms with Crippen molar-refractivity contribution < 1.29 is 0 Å². The van der Waals surface area contributed by atoms with Crippen molar-refractivity contribution in [3.8, 4) is 0 Å². The van der Waals surface area contributed by atoms with Crippen LogP contribution in [0.25, 0.3) is 0 Å². The molecule has 0 amide bonds. The molecule has 2 rings (SSSR count). The quantitative estimate of drug-likeness (QED) is 0.653. The summed E-state index contributed by atoms with van der Waals surface area (Å²) in [6.45, 7) is 2.08. The molecule has 0 aromatic heterocycles. The second-order valence-corrected chi connectivity index (χ2v) is 4.18. The van der Waals surface area contributed by atoms with Crippen molar-refractivity contribution in [1.82, 2.24) is 0 Å². The summed E-state index contributed by atoms with van der Waals surface area (Å²) in [7, 11) is 0. The van der Waals surface area contributed by atoms with Crippen molar-refractivity contribution in [2.75, 3.05) is 0 Å². The van der Waals surface area contributed by atoms with Gasteiger partial charge < -0.3 is 0 Å². The van der Waals surface area contributed by atoms with Crippen LogP contribution in [0.5, 0.6) is 0 Å². The Hall–Kier alpha value is -1.82. The van der Waals surface area contributed by atoms with Gasteiger partial charge in [0.05, 0.1) is 0 Å². The monoisotopic (exact) mass is 222 g/mol. The maximum Gasteiger partial charge on any atom is 0.0124 e. The van der Waals surface area contributed by atoms with Gasteiger partial charge in [-0.05, 0) is 24.5 Å². The zero-order chi connectivity index (χ0) is 11.9. The summed E-state index contributed by atoms with van der Waals surface area (Å²) in [6.07, 6.45) is 5.42. The summed E-state index contributed by atoms with van der Waals surface area (Å²) in [4.78, 5) is 0. The molecular weight excluding hydrogens is 204 g/mol. The molecule has 0 spiro atoms. The van der Waals surface area contributed by atoms with Crippen LogP contribution in [0.2, 0.25) is 0 Å². The lowest BCUT2D eigenvalue weighted by atomic mass is 9.88. The van der Waals surface area contributed by atoms with Gasteiger partial charge >= 0.3 is 0 Å². The lowest BCUT2D eigenvalue weighted by Gasteiger charge is -2.16. The minimum Gasteiger partial charge on any atom is -0.0916 e. The fraction of sp³-hybridized carbons (Fsp3) is 0.176. The summed E-state index contributed by atoms with van der Waals surface area (Å²) in [5.41, 5.74) is 2.77. The molecule has 0 saturated carbocycles. The van der Waals surface area contributed by atoms with Crippen LogP contribution >= 0.6 is 0 Å². The number of hydrogen-bond acceptors (Lipinski definition) is 0. The molecule has 0 fully saturated rings. The van der Waals surface area contributed by atoms with Crippen LogP contribution in [0.4, 0.5) is 0 Å². The molecule has 0 unspecified atom stereocenters. The average Bonchev–Trinajstić information content (AvgIpc) is 2.42. The van der Waals surface area contributed by atoms with Crippen molar-refractivity contribution in [3.63, 3.8) is 0 Å². The van der Waals surface area contributed by atoms with Gasteiger partial charge in [0.25, 0.3) is 0 Å². The van der Waals surface area contributed by atoms with Gasteiger partial charge in [-0.1, -0.05) is 72.8 Å². The minimum absolute atomic E-state index is 0.466. The SMILES string of the molecule is C/C=C/CC(c1ccccc1)c1ccccc1. The van der Waals surface area contributed by atoms with Gasteiger partial charge in [0, 0.05) is 5.92 Å². The van der Waals surface area contributed by atoms with Gasteiger partial charge in [-0.3, -0.25) is 0 Å². The number of benzene rings is 2. The molecule has 0 N–H and O–H groups in total. The fourth-order valence-electron chi connectivity index (χ4n) is 2.11. The highest BCUT2D eigenvalue weighted by molar-refractivity contribution is 5.32. The van der Waals surface area contributed by atoms with E-state index in [1.54, 1.807) is 0 Å². The Kier molecular flexibility index (Phi) is 4.15. The predicted octanol–water partition coefficient (Wildman–Crippen LogP) is 4.78. The molecule has 2 aromatic carbocycles. The Morgan fingerprint density at radius 2 is 1.29 bits per heavy atom. The van der Waals surface area contributed by atoms with Crippen LogP contribution in [0, 0.1) is 0 Å². The first-order valence-electron chi connectivity index (χ1n) is 6.13. The third-order valence-corrected chi connectivity index (χ3v) is 3.01. The van der Waals surface area contributed by atoms with Crippen molar-refractivity contribution in [2.45, 2.75) is 19.3 Å². The van der Waals surface area contributed by atoms with Crippen molar-refractivity contribution in [2.24, 2.45) is 0 Å². The Morgan fingerprint density at radius 3 is 1.71 bits per heavy atom. The smallest absolute Gasteiger partial charge is 0.0124 e. The van der Waals surface area contributed by atoms with E-state index in [0.717, 1.165) is 6.42 Å². The lowest BCUT2D eigenvalue weighted by molar-refractivity contribution is 0.829. The summed E-state index contributed by atoms with van der Waals surface area (Å²) in [6, 6.07) is 21.4. The molecule has 0 heteroatoms. The van der Waals surface area contributed by atoms with Gasteiger partial charge in [-0.2, -0.15) is 0 Å². The Balaban J connectivity index is 2.32. The summed E-state index contributed by atoms with van der Waals surface area (Å²) in [5, 5.41) is 0. The first kappa shape index (κ1) is 11.7. The van der Waals surface area contributed by atoms with E-state index in [-0.39, 0.29) is 0 Å². The first-order chi connectivity index (χ1) is 8.42. The molecule has 0 saturated heterocycles. The molecule has 2 aromatic rings. The normalized spacial score (nSPS) is 11.2. The second kappa shape index (κ2) is 6.05. The Morgan fingerprint density at radius 1 is 0.824 bits per heavy atom. The number of hydrogen-bond donors (Lipinski definition) is 0. The molecule has 0 heterocycles. The molecule has 0 nitrogen and oxygen atoms in total. The number of rotatable bonds is 4. The van der Waals surface area contributed by atoms with E-state index >= 15 is 0 Å². The van der Waals surface area contributed by atoms with Gasteiger partial charge in [0.15, 0.2) is 0 Å². The Labute approximate surface area is 104 Å². The van der Waals surface area contributed by atoms with E-state index in [1.165, 1.54) is 11.1 Å². The van der Waals surface area contributed by atoms with Crippen LogP contribution in [-0.4, -0.2) is 0 Å². The van der Waals surface area contributed by atoms with Gasteiger partial charge in [-0.15, -0.1) is 0 Å². The highest BCUT2D eigenvalue weighted by atomic mass is 14.1. The molecular formula is C17H18. The third kappa shape index (κ3) is 3.07. The maximum absolute atomic E-state index is 2.24. The van der Waals surface area contributed by atoms with Crippen molar-refractivity contribution in [3.05, 3.63) is 83.9 Å². The van der Waals surface area contributed by atoms with Crippen LogP contribution in [0.1, 0.15) is 30.4 Å². The molecule has 0 aliphatic heterocycles. The molecule has 17 heavy (non-hydrogen) atoms. The van der Waals surface area contributed by atoms with E-state index in [1.807, 2.05) is 0 Å². The van der Waals surface area contributed by atoms with E-state index in [4.69, 9.17) is 0 Å². The maximum atomic E-state index is 2.24. The highest BCUT2D eigenvalue weighted by Gasteiger charge is 2.11. The second-order valence-electron chi connectivity index (χ2n) is 4.18. The summed E-state index contributed by atoms with van der Waals surface area (Å²) in [5.74, 6) is 0.466. The topological polar surface area (TPSA) is 0 Å². The number of allylic oxidation sites excluding steroid dienone is 2. The van der Waals surface area contributed by atoms with Crippen LogP contribution < -0.4 is 0 Å². The Bertz CT molecular complexity index is 414. The molecule has 0 atom stereocenters. The largest absolute Gasteiger partial charge is 0.0916 e. The zero-order valence-corrected chi connectivity index (χ0v) is 10.2. The standard InChI is InChI=1S/C17H18/c1-2-3-14-17(15-10-6-4-7-11-15)16-12-8-5-9-13-16/h2-13,17H,14H2,1H3/b3-2+. The van der Waals surface area contributed by atoms with E-state index in [0.29, 0.717) is 5.92 Å². The molecule has 86 valence electrons. The lowest BCUT2D eigenvalue weighted by Crippen LogP contribution is -1.99. The van der Waals surface area contributed by atoms with Crippen molar-refractivity contribution in [1.29, 1.82) is 0 Å². The van der Waals surface area contributed by atoms with Crippen molar-refractivity contribution >= 4 is 0 Å². The van der Waals surface area contributed by atoms with Gasteiger partial charge in [-0.25, -0.2) is 0 Å². The predicted molar refractivity (Wildman–Crippen MR) is 74.2 cm³/mol. The van der Waals surface area contributed by atoms with Gasteiger partial charge in [0.1, 0.15) is 0 Å². The fourth-order valence-corrected chi connectivity index (χ4v) is 2.11. The minimum atomic E-state index is 0.466. The van der Waals surface area contributed by atoms with Crippen LogP contribution in [-0.2, 0) is 0 Å².